The van der Waals surface area contributed by atoms with Gasteiger partial charge in [0.15, 0.2) is 6.61 Å². The number of halogens is 2. The highest BCUT2D eigenvalue weighted by molar-refractivity contribution is 6.43. The van der Waals surface area contributed by atoms with E-state index >= 15 is 0 Å². The standard InChI is InChI=1S/C18H19Cl2NO4/c1-11-9-14(12(2)21(11)7-8-24-3)16(22)10-25-18(23)13-5-4-6-15(19)17(13)20/h4-6,9H,7-8,10H2,1-3H3. The van der Waals surface area contributed by atoms with Crippen LogP contribution in [0.3, 0.4) is 0 Å². The van der Waals surface area contributed by atoms with Gasteiger partial charge in [0.2, 0.25) is 5.78 Å². The Morgan fingerprint density at radius 3 is 2.56 bits per heavy atom. The predicted molar refractivity (Wildman–Crippen MR) is 96.9 cm³/mol. The van der Waals surface area contributed by atoms with E-state index in [0.717, 1.165) is 11.4 Å². The first-order valence-electron chi connectivity index (χ1n) is 7.66. The topological polar surface area (TPSA) is 57.5 Å². The molecule has 0 unspecified atom stereocenters. The molecule has 0 saturated heterocycles. The molecular weight excluding hydrogens is 365 g/mol. The van der Waals surface area contributed by atoms with Crippen molar-refractivity contribution in [1.82, 2.24) is 4.57 Å². The third kappa shape index (κ3) is 4.42. The second-order valence-corrected chi connectivity index (χ2v) is 6.32. The second-order valence-electron chi connectivity index (χ2n) is 5.53. The van der Waals surface area contributed by atoms with Crippen molar-refractivity contribution in [3.05, 3.63) is 56.8 Å². The Labute approximate surface area is 156 Å². The SMILES string of the molecule is COCCn1c(C)cc(C(=O)COC(=O)c2cccc(Cl)c2Cl)c1C. The molecule has 2 rings (SSSR count). The first-order chi connectivity index (χ1) is 11.9. The monoisotopic (exact) mass is 383 g/mol. The van der Waals surface area contributed by atoms with Crippen LogP contribution in [0.5, 0.6) is 0 Å². The third-order valence-corrected chi connectivity index (χ3v) is 4.72. The second kappa shape index (κ2) is 8.52. The highest BCUT2D eigenvalue weighted by atomic mass is 35.5. The quantitative estimate of drug-likeness (QED) is 0.533. The van der Waals surface area contributed by atoms with Gasteiger partial charge in [-0.05, 0) is 32.0 Å². The summed E-state index contributed by atoms with van der Waals surface area (Å²) in [4.78, 5) is 24.5. The number of hydrogen-bond acceptors (Lipinski definition) is 4. The van der Waals surface area contributed by atoms with Gasteiger partial charge in [0, 0.05) is 30.6 Å². The fraction of sp³-hybridized carbons (Fsp3) is 0.333. The summed E-state index contributed by atoms with van der Waals surface area (Å²) >= 11 is 11.9. The number of rotatable bonds is 7. The Morgan fingerprint density at radius 1 is 1.16 bits per heavy atom. The van der Waals surface area contributed by atoms with Gasteiger partial charge in [-0.2, -0.15) is 0 Å². The molecule has 5 nitrogen and oxygen atoms in total. The van der Waals surface area contributed by atoms with E-state index in [1.165, 1.54) is 6.07 Å². The molecule has 1 aromatic heterocycles. The number of aromatic nitrogens is 1. The van der Waals surface area contributed by atoms with Gasteiger partial charge in [0.05, 0.1) is 22.2 Å². The molecule has 0 atom stereocenters. The van der Waals surface area contributed by atoms with E-state index in [1.807, 2.05) is 18.4 Å². The van der Waals surface area contributed by atoms with Crippen LogP contribution in [0.4, 0.5) is 0 Å². The highest BCUT2D eigenvalue weighted by Crippen LogP contribution is 2.26. The molecule has 0 amide bonds. The number of carbonyl (C=O) groups is 2. The van der Waals surface area contributed by atoms with Crippen LogP contribution < -0.4 is 0 Å². The summed E-state index contributed by atoms with van der Waals surface area (Å²) in [5.41, 5.74) is 2.42. The van der Waals surface area contributed by atoms with Gasteiger partial charge in [-0.3, -0.25) is 4.79 Å². The molecule has 0 spiro atoms. The maximum atomic E-state index is 12.4. The molecule has 25 heavy (non-hydrogen) atoms. The van der Waals surface area contributed by atoms with Crippen molar-refractivity contribution in [2.45, 2.75) is 20.4 Å². The van der Waals surface area contributed by atoms with Crippen molar-refractivity contribution >= 4 is 35.0 Å². The minimum absolute atomic E-state index is 0.111. The molecule has 134 valence electrons. The van der Waals surface area contributed by atoms with Gasteiger partial charge in [-0.1, -0.05) is 29.3 Å². The van der Waals surface area contributed by atoms with Gasteiger partial charge < -0.3 is 14.0 Å². The van der Waals surface area contributed by atoms with Gasteiger partial charge in [0.25, 0.3) is 0 Å². The van der Waals surface area contributed by atoms with Crippen LogP contribution in [-0.2, 0) is 16.0 Å². The Balaban J connectivity index is 2.08. The summed E-state index contributed by atoms with van der Waals surface area (Å²) in [6.07, 6.45) is 0. The zero-order valence-corrected chi connectivity index (χ0v) is 15.8. The van der Waals surface area contributed by atoms with Crippen LogP contribution in [0, 0.1) is 13.8 Å². The smallest absolute Gasteiger partial charge is 0.340 e. The molecule has 0 aliphatic heterocycles. The summed E-state index contributed by atoms with van der Waals surface area (Å²) in [5.74, 6) is -0.961. The molecule has 1 aromatic carbocycles. The Morgan fingerprint density at radius 2 is 1.88 bits per heavy atom. The van der Waals surface area contributed by atoms with E-state index in [2.05, 4.69) is 0 Å². The van der Waals surface area contributed by atoms with Crippen molar-refractivity contribution in [3.8, 4) is 0 Å². The van der Waals surface area contributed by atoms with E-state index in [4.69, 9.17) is 32.7 Å². The molecule has 0 fully saturated rings. The molecule has 0 saturated carbocycles. The number of esters is 1. The molecule has 0 aliphatic carbocycles. The first-order valence-corrected chi connectivity index (χ1v) is 8.42. The average Bonchev–Trinajstić information content (AvgIpc) is 2.87. The van der Waals surface area contributed by atoms with Crippen LogP contribution in [0.1, 0.15) is 32.1 Å². The maximum Gasteiger partial charge on any atom is 0.340 e. The van der Waals surface area contributed by atoms with E-state index in [9.17, 15) is 9.59 Å². The molecular formula is C18H19Cl2NO4. The number of carbonyl (C=O) groups excluding carboxylic acids is 2. The van der Waals surface area contributed by atoms with Gasteiger partial charge in [-0.15, -0.1) is 0 Å². The molecule has 7 heteroatoms. The van der Waals surface area contributed by atoms with E-state index < -0.39 is 5.97 Å². The van der Waals surface area contributed by atoms with Crippen molar-refractivity contribution < 1.29 is 19.1 Å². The van der Waals surface area contributed by atoms with Gasteiger partial charge in [-0.25, -0.2) is 4.79 Å². The van der Waals surface area contributed by atoms with Crippen molar-refractivity contribution in [1.29, 1.82) is 0 Å². The number of nitrogens with zero attached hydrogens (tertiary/aromatic N) is 1. The molecule has 0 bridgehead atoms. The van der Waals surface area contributed by atoms with Crippen molar-refractivity contribution in [2.24, 2.45) is 0 Å². The summed E-state index contributed by atoms with van der Waals surface area (Å²) in [7, 11) is 1.63. The van der Waals surface area contributed by atoms with Crippen molar-refractivity contribution in [2.75, 3.05) is 20.3 Å². The Bertz CT molecular complexity index is 799. The number of Topliss-reactive ketones (excluding diaryl/α,β-unsaturated/α-hetero) is 1. The lowest BCUT2D eigenvalue weighted by molar-refractivity contribution is 0.0474. The van der Waals surface area contributed by atoms with E-state index in [1.54, 1.807) is 25.3 Å². The molecule has 0 N–H and O–H groups in total. The molecule has 2 aromatic rings. The minimum atomic E-state index is -0.686. The predicted octanol–water partition coefficient (Wildman–Crippen LogP) is 4.10. The normalized spacial score (nSPS) is 10.8. The van der Waals surface area contributed by atoms with Gasteiger partial charge in [0.1, 0.15) is 0 Å². The summed E-state index contributed by atoms with van der Waals surface area (Å²) in [6.45, 7) is 4.60. The number of ketones is 1. The summed E-state index contributed by atoms with van der Waals surface area (Å²) in [6, 6.07) is 6.45. The number of ether oxygens (including phenoxy) is 2. The Kier molecular flexibility index (Phi) is 6.64. The largest absolute Gasteiger partial charge is 0.454 e. The first kappa shape index (κ1) is 19.5. The minimum Gasteiger partial charge on any atom is -0.454 e. The number of benzene rings is 1. The van der Waals surface area contributed by atoms with E-state index in [-0.39, 0.29) is 28.0 Å². The van der Waals surface area contributed by atoms with Crippen LogP contribution in [-0.4, -0.2) is 36.6 Å². The molecule has 0 aliphatic rings. The number of hydrogen-bond donors (Lipinski definition) is 0. The maximum absolute atomic E-state index is 12.4. The number of aryl methyl sites for hydroxylation is 1. The van der Waals surface area contributed by atoms with Crippen LogP contribution >= 0.6 is 23.2 Å². The average molecular weight is 384 g/mol. The fourth-order valence-corrected chi connectivity index (χ4v) is 2.94. The third-order valence-electron chi connectivity index (χ3n) is 3.90. The molecule has 1 heterocycles. The van der Waals surface area contributed by atoms with Crippen molar-refractivity contribution in [3.63, 3.8) is 0 Å². The van der Waals surface area contributed by atoms with E-state index in [0.29, 0.717) is 18.7 Å². The zero-order valence-electron chi connectivity index (χ0n) is 14.3. The lowest BCUT2D eigenvalue weighted by Gasteiger charge is -2.09. The fourth-order valence-electron chi connectivity index (χ4n) is 2.56. The summed E-state index contributed by atoms with van der Waals surface area (Å²) in [5, 5.41) is 0.364. The van der Waals surface area contributed by atoms with Gasteiger partial charge >= 0.3 is 5.97 Å². The lowest BCUT2D eigenvalue weighted by Crippen LogP contribution is -2.15. The molecule has 0 radical (unpaired) electrons. The zero-order chi connectivity index (χ0) is 18.6. The lowest BCUT2D eigenvalue weighted by atomic mass is 10.1. The highest BCUT2D eigenvalue weighted by Gasteiger charge is 2.19. The van der Waals surface area contributed by atoms with Crippen LogP contribution in [0.15, 0.2) is 24.3 Å². The summed E-state index contributed by atoms with van der Waals surface area (Å²) < 4.78 is 12.2. The Hall–Kier alpha value is -1.82. The van der Waals surface area contributed by atoms with Crippen LogP contribution in [0.2, 0.25) is 10.0 Å². The van der Waals surface area contributed by atoms with Crippen LogP contribution in [0.25, 0.3) is 0 Å². The number of methoxy groups -OCH3 is 1.